The van der Waals surface area contributed by atoms with Crippen molar-refractivity contribution in [2.45, 2.75) is 71.4 Å². The molecule has 0 aliphatic heterocycles. The molecule has 1 saturated carbocycles. The first kappa shape index (κ1) is 22.1. The molecule has 0 spiro atoms. The first-order valence-corrected chi connectivity index (χ1v) is 11.1. The highest BCUT2D eigenvalue weighted by Gasteiger charge is 2.28. The van der Waals surface area contributed by atoms with Crippen LogP contribution in [0.1, 0.15) is 54.9 Å². The molecule has 3 rings (SSSR count). The molecule has 1 unspecified atom stereocenters. The number of hydrogen-bond donors (Lipinski definition) is 1. The molecule has 160 valence electrons. The number of aryl methyl sites for hydroxylation is 2. The van der Waals surface area contributed by atoms with Gasteiger partial charge in [0, 0.05) is 12.6 Å². The Labute approximate surface area is 180 Å². The molecule has 4 nitrogen and oxygen atoms in total. The van der Waals surface area contributed by atoms with Gasteiger partial charge in [0.15, 0.2) is 0 Å². The molecule has 0 heterocycles. The van der Waals surface area contributed by atoms with E-state index in [1.165, 1.54) is 18.4 Å². The van der Waals surface area contributed by atoms with Gasteiger partial charge in [-0.15, -0.1) is 0 Å². The number of nitrogens with one attached hydrogen (secondary N) is 1. The number of carbonyl (C=O) groups excluding carboxylic acids is 2. The van der Waals surface area contributed by atoms with Crippen molar-refractivity contribution in [3.63, 3.8) is 0 Å². The van der Waals surface area contributed by atoms with E-state index in [0.717, 1.165) is 36.0 Å². The summed E-state index contributed by atoms with van der Waals surface area (Å²) in [6.45, 7) is 6.49. The fraction of sp³-hybridized carbons (Fsp3) is 0.462. The number of nitrogens with zero attached hydrogens (tertiary/aromatic N) is 1. The van der Waals surface area contributed by atoms with Gasteiger partial charge in [-0.3, -0.25) is 9.59 Å². The van der Waals surface area contributed by atoms with E-state index < -0.39 is 6.04 Å². The summed E-state index contributed by atoms with van der Waals surface area (Å²) >= 11 is 0. The normalized spacial score (nSPS) is 15.0. The lowest BCUT2D eigenvalue weighted by atomic mass is 10.0. The van der Waals surface area contributed by atoms with Crippen molar-refractivity contribution in [1.82, 2.24) is 10.2 Å². The van der Waals surface area contributed by atoms with E-state index in [1.54, 1.807) is 4.90 Å². The van der Waals surface area contributed by atoms with E-state index in [2.05, 4.69) is 35.6 Å². The van der Waals surface area contributed by atoms with Gasteiger partial charge < -0.3 is 10.2 Å². The highest BCUT2D eigenvalue weighted by molar-refractivity contribution is 5.88. The van der Waals surface area contributed by atoms with E-state index >= 15 is 0 Å². The molecule has 1 aliphatic rings. The molecule has 2 aromatic rings. The lowest BCUT2D eigenvalue weighted by molar-refractivity contribution is -0.139. The average molecular weight is 407 g/mol. The summed E-state index contributed by atoms with van der Waals surface area (Å²) in [4.78, 5) is 28.0. The molecular formula is C26H34N2O2. The van der Waals surface area contributed by atoms with Gasteiger partial charge in [0.1, 0.15) is 6.04 Å². The first-order valence-electron chi connectivity index (χ1n) is 11.1. The number of rotatable bonds is 8. The fourth-order valence-corrected chi connectivity index (χ4v) is 4.41. The zero-order chi connectivity index (χ0) is 21.5. The Morgan fingerprint density at radius 2 is 1.63 bits per heavy atom. The Morgan fingerprint density at radius 3 is 2.27 bits per heavy atom. The van der Waals surface area contributed by atoms with E-state index in [4.69, 9.17) is 0 Å². The molecule has 30 heavy (non-hydrogen) atoms. The van der Waals surface area contributed by atoms with Gasteiger partial charge in [0.2, 0.25) is 11.8 Å². The first-order chi connectivity index (χ1) is 14.4. The van der Waals surface area contributed by atoms with Crippen LogP contribution in [0.15, 0.2) is 48.5 Å². The minimum absolute atomic E-state index is 0.00463. The van der Waals surface area contributed by atoms with Crippen LogP contribution in [0.3, 0.4) is 0 Å². The third-order valence-electron chi connectivity index (χ3n) is 5.99. The third-order valence-corrected chi connectivity index (χ3v) is 5.99. The Kier molecular flexibility index (Phi) is 7.67. The van der Waals surface area contributed by atoms with Crippen molar-refractivity contribution < 1.29 is 9.59 Å². The van der Waals surface area contributed by atoms with E-state index in [-0.39, 0.29) is 17.9 Å². The lowest BCUT2D eigenvalue weighted by Crippen LogP contribution is -2.51. The zero-order valence-corrected chi connectivity index (χ0v) is 18.5. The molecule has 2 amide bonds. The standard InChI is InChI=1S/C26H34N2O2/c1-19-15-20(2)17-23(16-19)18-25(29)28(14-13-22-9-5-4-6-10-22)21(3)26(30)27-24-11-7-8-12-24/h4-6,9-10,15-17,21,24H,7-8,11-14,18H2,1-3H3,(H,27,30). The van der Waals surface area contributed by atoms with Crippen LogP contribution in [0.4, 0.5) is 0 Å². The van der Waals surface area contributed by atoms with Crippen LogP contribution in [0, 0.1) is 13.8 Å². The van der Waals surface area contributed by atoms with Gasteiger partial charge in [-0.05, 0) is 51.2 Å². The summed E-state index contributed by atoms with van der Waals surface area (Å²) in [6.07, 6.45) is 5.47. The number of benzene rings is 2. The SMILES string of the molecule is Cc1cc(C)cc(CC(=O)N(CCc2ccccc2)C(C)C(=O)NC2CCCC2)c1. The fourth-order valence-electron chi connectivity index (χ4n) is 4.41. The predicted molar refractivity (Wildman–Crippen MR) is 121 cm³/mol. The zero-order valence-electron chi connectivity index (χ0n) is 18.5. The minimum atomic E-state index is -0.479. The van der Waals surface area contributed by atoms with Crippen LogP contribution in [-0.4, -0.2) is 35.3 Å². The van der Waals surface area contributed by atoms with Crippen LogP contribution < -0.4 is 5.32 Å². The Balaban J connectivity index is 1.72. The summed E-state index contributed by atoms with van der Waals surface area (Å²) < 4.78 is 0. The van der Waals surface area contributed by atoms with E-state index in [0.29, 0.717) is 13.0 Å². The molecule has 1 atom stereocenters. The van der Waals surface area contributed by atoms with Gasteiger partial charge in [0.05, 0.1) is 6.42 Å². The topological polar surface area (TPSA) is 49.4 Å². The Morgan fingerprint density at radius 1 is 1.00 bits per heavy atom. The van der Waals surface area contributed by atoms with Gasteiger partial charge in [-0.2, -0.15) is 0 Å². The molecule has 0 aromatic heterocycles. The number of amides is 2. The molecule has 1 N–H and O–H groups in total. The summed E-state index contributed by atoms with van der Waals surface area (Å²) in [5.74, 6) is -0.0336. The summed E-state index contributed by atoms with van der Waals surface area (Å²) in [7, 11) is 0. The summed E-state index contributed by atoms with van der Waals surface area (Å²) in [5.41, 5.74) is 4.48. The second-order valence-electron chi connectivity index (χ2n) is 8.66. The van der Waals surface area contributed by atoms with Gasteiger partial charge >= 0.3 is 0 Å². The Hall–Kier alpha value is -2.62. The maximum absolute atomic E-state index is 13.3. The quantitative estimate of drug-likeness (QED) is 0.708. The molecule has 1 aliphatic carbocycles. The van der Waals surface area contributed by atoms with E-state index in [1.807, 2.05) is 39.0 Å². The maximum Gasteiger partial charge on any atom is 0.242 e. The van der Waals surface area contributed by atoms with Crippen LogP contribution >= 0.6 is 0 Å². The maximum atomic E-state index is 13.3. The predicted octanol–water partition coefficient (Wildman–Crippen LogP) is 4.36. The monoisotopic (exact) mass is 406 g/mol. The van der Waals surface area contributed by atoms with Crippen LogP contribution in [0.5, 0.6) is 0 Å². The van der Waals surface area contributed by atoms with Crippen molar-refractivity contribution in [3.05, 3.63) is 70.8 Å². The highest BCUT2D eigenvalue weighted by Crippen LogP contribution is 2.18. The third kappa shape index (κ3) is 6.19. The van der Waals surface area contributed by atoms with Crippen molar-refractivity contribution in [2.24, 2.45) is 0 Å². The van der Waals surface area contributed by atoms with Crippen molar-refractivity contribution >= 4 is 11.8 Å². The van der Waals surface area contributed by atoms with Crippen molar-refractivity contribution in [2.75, 3.05) is 6.54 Å². The molecule has 1 fully saturated rings. The second-order valence-corrected chi connectivity index (χ2v) is 8.66. The average Bonchev–Trinajstić information content (AvgIpc) is 3.21. The molecule has 4 heteroatoms. The van der Waals surface area contributed by atoms with Gasteiger partial charge in [-0.25, -0.2) is 0 Å². The van der Waals surface area contributed by atoms with E-state index in [9.17, 15) is 9.59 Å². The molecule has 0 saturated heterocycles. The van der Waals surface area contributed by atoms with Gasteiger partial charge in [-0.1, -0.05) is 72.5 Å². The van der Waals surface area contributed by atoms with Crippen LogP contribution in [0.25, 0.3) is 0 Å². The lowest BCUT2D eigenvalue weighted by Gasteiger charge is -2.30. The van der Waals surface area contributed by atoms with Crippen molar-refractivity contribution in [1.29, 1.82) is 0 Å². The molecule has 0 radical (unpaired) electrons. The highest BCUT2D eigenvalue weighted by atomic mass is 16.2. The molecular weight excluding hydrogens is 372 g/mol. The molecule has 2 aromatic carbocycles. The summed E-state index contributed by atoms with van der Waals surface area (Å²) in [5, 5.41) is 3.16. The summed E-state index contributed by atoms with van der Waals surface area (Å²) in [6, 6.07) is 16.1. The largest absolute Gasteiger partial charge is 0.352 e. The van der Waals surface area contributed by atoms with Crippen molar-refractivity contribution in [3.8, 4) is 0 Å². The Bertz CT molecular complexity index is 836. The molecule has 0 bridgehead atoms. The minimum Gasteiger partial charge on any atom is -0.352 e. The van der Waals surface area contributed by atoms with Crippen LogP contribution in [0.2, 0.25) is 0 Å². The number of carbonyl (C=O) groups is 2. The van der Waals surface area contributed by atoms with Crippen LogP contribution in [-0.2, 0) is 22.4 Å². The second kappa shape index (κ2) is 10.4. The van der Waals surface area contributed by atoms with Gasteiger partial charge in [0.25, 0.3) is 0 Å². The number of hydrogen-bond acceptors (Lipinski definition) is 2. The smallest absolute Gasteiger partial charge is 0.242 e.